The van der Waals surface area contributed by atoms with Gasteiger partial charge < -0.3 is 10.1 Å². The van der Waals surface area contributed by atoms with Crippen LogP contribution in [0.25, 0.3) is 22.8 Å². The van der Waals surface area contributed by atoms with Gasteiger partial charge in [0.25, 0.3) is 0 Å². The van der Waals surface area contributed by atoms with Crippen LogP contribution >= 0.6 is 0 Å². The zero-order valence-corrected chi connectivity index (χ0v) is 16.3. The summed E-state index contributed by atoms with van der Waals surface area (Å²) in [5, 5.41) is 10.1. The van der Waals surface area contributed by atoms with E-state index in [0.717, 1.165) is 5.56 Å². The molecule has 4 rings (SSSR count). The minimum atomic E-state index is -2.89. The van der Waals surface area contributed by atoms with Crippen LogP contribution in [-0.4, -0.2) is 27.7 Å². The molecule has 6 nitrogen and oxygen atoms in total. The molecule has 0 aliphatic carbocycles. The van der Waals surface area contributed by atoms with Crippen molar-refractivity contribution in [1.82, 2.24) is 15.2 Å². The lowest BCUT2D eigenvalue weighted by atomic mass is 10.1. The van der Waals surface area contributed by atoms with Crippen LogP contribution in [0.1, 0.15) is 5.56 Å². The highest BCUT2D eigenvalue weighted by atomic mass is 19.3. The molecule has 0 unspecified atom stereocenters. The van der Waals surface area contributed by atoms with E-state index in [0.29, 0.717) is 28.5 Å². The van der Waals surface area contributed by atoms with Crippen LogP contribution in [0.4, 0.5) is 14.5 Å². The summed E-state index contributed by atoms with van der Waals surface area (Å²) in [4.78, 5) is 17.1. The molecular weight excluding hydrogens is 402 g/mol. The second kappa shape index (κ2) is 9.17. The number of ether oxygens (including phenoxy) is 1. The number of aromatic nitrogens is 3. The summed E-state index contributed by atoms with van der Waals surface area (Å²) in [6, 6.07) is 22.8. The van der Waals surface area contributed by atoms with Crippen molar-refractivity contribution in [3.8, 4) is 28.5 Å². The Kier molecular flexibility index (Phi) is 5.98. The van der Waals surface area contributed by atoms with Crippen molar-refractivity contribution >= 4 is 11.6 Å². The van der Waals surface area contributed by atoms with E-state index >= 15 is 0 Å². The van der Waals surface area contributed by atoms with Gasteiger partial charge in [-0.3, -0.25) is 9.89 Å². The molecule has 2 N–H and O–H groups in total. The zero-order valence-electron chi connectivity index (χ0n) is 16.3. The summed E-state index contributed by atoms with van der Waals surface area (Å²) < 4.78 is 28.8. The second-order valence-corrected chi connectivity index (χ2v) is 6.67. The standard InChI is InChI=1S/C23H18F2N4O2/c24-23(25)31-17-12-10-15(11-13-17)14-20(30)26-19-9-5-4-8-18(19)22-27-21(28-29-22)16-6-2-1-3-7-16/h1-13,23H,14H2,(H,26,30)(H,27,28,29). The van der Waals surface area contributed by atoms with Crippen molar-refractivity contribution in [2.24, 2.45) is 0 Å². The summed E-state index contributed by atoms with van der Waals surface area (Å²) in [7, 11) is 0. The molecule has 0 bridgehead atoms. The second-order valence-electron chi connectivity index (χ2n) is 6.67. The molecule has 1 amide bonds. The molecule has 0 aliphatic rings. The molecule has 0 saturated carbocycles. The molecule has 0 radical (unpaired) electrons. The maximum atomic E-state index is 12.5. The van der Waals surface area contributed by atoms with E-state index in [4.69, 9.17) is 0 Å². The number of carbonyl (C=O) groups is 1. The quantitative estimate of drug-likeness (QED) is 0.445. The van der Waals surface area contributed by atoms with Crippen molar-refractivity contribution in [1.29, 1.82) is 0 Å². The van der Waals surface area contributed by atoms with Gasteiger partial charge >= 0.3 is 6.61 Å². The normalized spacial score (nSPS) is 10.8. The molecule has 31 heavy (non-hydrogen) atoms. The van der Waals surface area contributed by atoms with Crippen molar-refractivity contribution in [3.63, 3.8) is 0 Å². The van der Waals surface area contributed by atoms with Crippen LogP contribution < -0.4 is 10.1 Å². The zero-order chi connectivity index (χ0) is 21.6. The Bertz CT molecular complexity index is 1160. The van der Waals surface area contributed by atoms with Gasteiger partial charge in [-0.1, -0.05) is 54.6 Å². The number of carbonyl (C=O) groups excluding carboxylic acids is 1. The van der Waals surface area contributed by atoms with Gasteiger partial charge in [-0.25, -0.2) is 4.98 Å². The first-order valence-electron chi connectivity index (χ1n) is 9.49. The fraction of sp³-hybridized carbons (Fsp3) is 0.0870. The first kappa shape index (κ1) is 20.2. The van der Waals surface area contributed by atoms with E-state index in [-0.39, 0.29) is 18.1 Å². The van der Waals surface area contributed by atoms with Crippen LogP contribution in [0, 0.1) is 0 Å². The fourth-order valence-electron chi connectivity index (χ4n) is 3.07. The first-order chi connectivity index (χ1) is 15.1. The third-order valence-corrected chi connectivity index (χ3v) is 4.49. The number of halogens is 2. The Hall–Kier alpha value is -4.07. The van der Waals surface area contributed by atoms with E-state index in [1.165, 1.54) is 12.1 Å². The van der Waals surface area contributed by atoms with Gasteiger partial charge in [0.15, 0.2) is 11.6 Å². The highest BCUT2D eigenvalue weighted by Crippen LogP contribution is 2.27. The first-order valence-corrected chi connectivity index (χ1v) is 9.49. The van der Waals surface area contributed by atoms with Crippen LogP contribution in [0.2, 0.25) is 0 Å². The molecule has 0 aliphatic heterocycles. The van der Waals surface area contributed by atoms with E-state index in [1.807, 2.05) is 48.5 Å². The lowest BCUT2D eigenvalue weighted by Crippen LogP contribution is -2.15. The number of benzene rings is 3. The number of amides is 1. The van der Waals surface area contributed by atoms with Gasteiger partial charge in [0.2, 0.25) is 5.91 Å². The SMILES string of the molecule is O=C(Cc1ccc(OC(F)F)cc1)Nc1ccccc1-c1nc(-c2ccccc2)n[nH]1. The maximum absolute atomic E-state index is 12.5. The summed E-state index contributed by atoms with van der Waals surface area (Å²) in [6.45, 7) is -2.89. The largest absolute Gasteiger partial charge is 0.435 e. The summed E-state index contributed by atoms with van der Waals surface area (Å²) in [5.41, 5.74) is 2.83. The van der Waals surface area contributed by atoms with Crippen molar-refractivity contribution in [2.75, 3.05) is 5.32 Å². The number of H-pyrrole nitrogens is 1. The molecule has 1 aromatic heterocycles. The molecule has 0 saturated heterocycles. The Labute approximate surface area is 176 Å². The van der Waals surface area contributed by atoms with E-state index in [9.17, 15) is 13.6 Å². The Balaban J connectivity index is 1.48. The third kappa shape index (κ3) is 5.11. The smallest absolute Gasteiger partial charge is 0.387 e. The van der Waals surface area contributed by atoms with Crippen molar-refractivity contribution in [3.05, 3.63) is 84.4 Å². The maximum Gasteiger partial charge on any atom is 0.387 e. The summed E-state index contributed by atoms with van der Waals surface area (Å²) >= 11 is 0. The molecule has 8 heteroatoms. The predicted molar refractivity (Wildman–Crippen MR) is 113 cm³/mol. The van der Waals surface area contributed by atoms with E-state index < -0.39 is 6.61 Å². The van der Waals surface area contributed by atoms with Crippen LogP contribution in [0.3, 0.4) is 0 Å². The van der Waals surface area contributed by atoms with Gasteiger partial charge in [0.1, 0.15) is 5.75 Å². The average Bonchev–Trinajstić information content (AvgIpc) is 3.26. The predicted octanol–water partition coefficient (Wildman–Crippen LogP) is 4.92. The molecule has 0 atom stereocenters. The number of hydrogen-bond acceptors (Lipinski definition) is 4. The molecule has 0 spiro atoms. The Morgan fingerprint density at radius 3 is 2.42 bits per heavy atom. The fourth-order valence-corrected chi connectivity index (χ4v) is 3.07. The molecular formula is C23H18F2N4O2. The number of aromatic amines is 1. The van der Waals surface area contributed by atoms with Crippen LogP contribution in [0.15, 0.2) is 78.9 Å². The number of rotatable bonds is 7. The topological polar surface area (TPSA) is 79.9 Å². The number of nitrogens with one attached hydrogen (secondary N) is 2. The van der Waals surface area contributed by atoms with Crippen LogP contribution in [-0.2, 0) is 11.2 Å². The molecule has 1 heterocycles. The Morgan fingerprint density at radius 2 is 1.68 bits per heavy atom. The summed E-state index contributed by atoms with van der Waals surface area (Å²) in [6.07, 6.45) is 0.0783. The lowest BCUT2D eigenvalue weighted by molar-refractivity contribution is -0.115. The number of nitrogens with zero attached hydrogens (tertiary/aromatic N) is 2. The third-order valence-electron chi connectivity index (χ3n) is 4.49. The number of hydrogen-bond donors (Lipinski definition) is 2. The van der Waals surface area contributed by atoms with Gasteiger partial charge in [-0.2, -0.15) is 13.9 Å². The average molecular weight is 420 g/mol. The minimum absolute atomic E-state index is 0.0454. The molecule has 156 valence electrons. The van der Waals surface area contributed by atoms with Crippen molar-refractivity contribution < 1.29 is 18.3 Å². The van der Waals surface area contributed by atoms with Gasteiger partial charge in [-0.05, 0) is 29.8 Å². The highest BCUT2D eigenvalue weighted by Gasteiger charge is 2.13. The van der Waals surface area contributed by atoms with E-state index in [2.05, 4.69) is 25.2 Å². The van der Waals surface area contributed by atoms with Gasteiger partial charge in [-0.15, -0.1) is 0 Å². The van der Waals surface area contributed by atoms with E-state index in [1.54, 1.807) is 18.2 Å². The monoisotopic (exact) mass is 420 g/mol. The molecule has 0 fully saturated rings. The summed E-state index contributed by atoms with van der Waals surface area (Å²) in [5.74, 6) is 0.882. The van der Waals surface area contributed by atoms with Crippen molar-refractivity contribution in [2.45, 2.75) is 13.0 Å². The number of para-hydroxylation sites is 1. The molecule has 4 aromatic rings. The lowest BCUT2D eigenvalue weighted by Gasteiger charge is -2.10. The Morgan fingerprint density at radius 1 is 0.968 bits per heavy atom. The van der Waals surface area contributed by atoms with Gasteiger partial charge in [0, 0.05) is 11.1 Å². The van der Waals surface area contributed by atoms with Crippen LogP contribution in [0.5, 0.6) is 5.75 Å². The number of alkyl halides is 2. The van der Waals surface area contributed by atoms with Gasteiger partial charge in [0.05, 0.1) is 12.1 Å². The highest BCUT2D eigenvalue weighted by molar-refractivity contribution is 5.96. The minimum Gasteiger partial charge on any atom is -0.435 e. The number of anilines is 1. The molecule has 3 aromatic carbocycles.